The first-order valence-corrected chi connectivity index (χ1v) is 9.69. The molecule has 0 radical (unpaired) electrons. The molecule has 1 aliphatic carbocycles. The molecular formula is C19H20N4O2S. The molecule has 2 aromatic heterocycles. The van der Waals surface area contributed by atoms with Crippen LogP contribution in [0.5, 0.6) is 0 Å². The molecule has 134 valence electrons. The van der Waals surface area contributed by atoms with Gasteiger partial charge in [-0.3, -0.25) is 14.3 Å². The van der Waals surface area contributed by atoms with Crippen LogP contribution in [-0.2, 0) is 24.2 Å². The number of nitrogens with zero attached hydrogens (tertiary/aromatic N) is 3. The summed E-state index contributed by atoms with van der Waals surface area (Å²) in [6.07, 6.45) is 5.66. The summed E-state index contributed by atoms with van der Waals surface area (Å²) in [6, 6.07) is 7.17. The van der Waals surface area contributed by atoms with Gasteiger partial charge in [-0.05, 0) is 37.3 Å². The lowest BCUT2D eigenvalue weighted by Crippen LogP contribution is -2.22. The van der Waals surface area contributed by atoms with Gasteiger partial charge in [-0.25, -0.2) is 4.98 Å². The third-order valence-electron chi connectivity index (χ3n) is 4.92. The Hall–Kier alpha value is -2.54. The Morgan fingerprint density at radius 1 is 1.38 bits per heavy atom. The van der Waals surface area contributed by atoms with Gasteiger partial charge < -0.3 is 5.32 Å². The fourth-order valence-electron chi connectivity index (χ4n) is 3.43. The lowest BCUT2D eigenvalue weighted by atomic mass is 9.89. The summed E-state index contributed by atoms with van der Waals surface area (Å²) in [7, 11) is 0. The molecule has 0 fully saturated rings. The maximum Gasteiger partial charge on any atom is 0.247 e. The van der Waals surface area contributed by atoms with Crippen LogP contribution in [0.2, 0.25) is 0 Å². The molecule has 4 rings (SSSR count). The van der Waals surface area contributed by atoms with Crippen molar-refractivity contribution in [1.82, 2.24) is 14.8 Å². The minimum absolute atomic E-state index is 0.0443. The van der Waals surface area contributed by atoms with Crippen LogP contribution in [0, 0.1) is 5.92 Å². The molecule has 2 heterocycles. The SMILES string of the molecule is CCC1CCc2nc(NC(=O)Cn3ncc(=O)c4ccccc43)sc2C1. The van der Waals surface area contributed by atoms with E-state index in [4.69, 9.17) is 0 Å². The quantitative estimate of drug-likeness (QED) is 0.768. The molecule has 0 saturated carbocycles. The highest BCUT2D eigenvalue weighted by Gasteiger charge is 2.22. The molecule has 1 atom stereocenters. The molecular weight excluding hydrogens is 348 g/mol. The van der Waals surface area contributed by atoms with Crippen LogP contribution >= 0.6 is 11.3 Å². The molecule has 6 nitrogen and oxygen atoms in total. The molecule has 0 aliphatic heterocycles. The number of amides is 1. The molecule has 1 amide bonds. The van der Waals surface area contributed by atoms with Gasteiger partial charge in [0.1, 0.15) is 6.54 Å². The molecule has 0 saturated heterocycles. The van der Waals surface area contributed by atoms with E-state index in [2.05, 4.69) is 22.3 Å². The van der Waals surface area contributed by atoms with Crippen LogP contribution < -0.4 is 10.7 Å². The number of aryl methyl sites for hydroxylation is 1. The lowest BCUT2D eigenvalue weighted by Gasteiger charge is -2.18. The number of carbonyl (C=O) groups is 1. The first kappa shape index (κ1) is 16.9. The van der Waals surface area contributed by atoms with Gasteiger partial charge in [0.25, 0.3) is 0 Å². The monoisotopic (exact) mass is 368 g/mol. The van der Waals surface area contributed by atoms with Gasteiger partial charge >= 0.3 is 0 Å². The highest BCUT2D eigenvalue weighted by Crippen LogP contribution is 2.33. The molecule has 26 heavy (non-hydrogen) atoms. The predicted molar refractivity (Wildman–Crippen MR) is 103 cm³/mol. The number of carbonyl (C=O) groups excluding carboxylic acids is 1. The van der Waals surface area contributed by atoms with Crippen LogP contribution in [0.1, 0.15) is 30.3 Å². The third kappa shape index (κ3) is 3.26. The average Bonchev–Trinajstić information content (AvgIpc) is 3.05. The van der Waals surface area contributed by atoms with Crippen molar-refractivity contribution in [2.24, 2.45) is 5.92 Å². The third-order valence-corrected chi connectivity index (χ3v) is 5.96. The summed E-state index contributed by atoms with van der Waals surface area (Å²) in [4.78, 5) is 30.2. The Bertz CT molecular complexity index is 1020. The first-order valence-electron chi connectivity index (χ1n) is 8.87. The Morgan fingerprint density at radius 2 is 2.23 bits per heavy atom. The highest BCUT2D eigenvalue weighted by atomic mass is 32.1. The van der Waals surface area contributed by atoms with E-state index in [1.165, 1.54) is 23.9 Å². The van der Waals surface area contributed by atoms with E-state index in [1.807, 2.05) is 6.07 Å². The van der Waals surface area contributed by atoms with Crippen molar-refractivity contribution in [3.8, 4) is 0 Å². The van der Waals surface area contributed by atoms with Gasteiger partial charge in [0.15, 0.2) is 5.13 Å². The van der Waals surface area contributed by atoms with Gasteiger partial charge in [-0.1, -0.05) is 25.5 Å². The number of thiazole rings is 1. The summed E-state index contributed by atoms with van der Waals surface area (Å²) < 4.78 is 1.55. The van der Waals surface area contributed by atoms with Crippen molar-refractivity contribution in [2.75, 3.05) is 5.32 Å². The van der Waals surface area contributed by atoms with Crippen molar-refractivity contribution in [3.05, 3.63) is 51.3 Å². The van der Waals surface area contributed by atoms with Crippen LogP contribution in [0.15, 0.2) is 35.3 Å². The van der Waals surface area contributed by atoms with Crippen LogP contribution in [0.25, 0.3) is 10.9 Å². The second-order valence-electron chi connectivity index (χ2n) is 6.64. The average molecular weight is 368 g/mol. The van der Waals surface area contributed by atoms with Gasteiger partial charge in [0.05, 0.1) is 17.4 Å². The Morgan fingerprint density at radius 3 is 3.08 bits per heavy atom. The van der Waals surface area contributed by atoms with Crippen LogP contribution in [-0.4, -0.2) is 20.7 Å². The van der Waals surface area contributed by atoms with Crippen LogP contribution in [0.4, 0.5) is 5.13 Å². The van der Waals surface area contributed by atoms with E-state index in [1.54, 1.807) is 34.2 Å². The Kier molecular flexibility index (Phi) is 4.55. The number of rotatable bonds is 4. The number of aromatic nitrogens is 3. The Balaban J connectivity index is 1.51. The standard InChI is InChI=1S/C19H20N4O2S/c1-2-12-7-8-14-17(9-12)26-19(21-14)22-18(25)11-23-15-6-4-3-5-13(15)16(24)10-20-23/h3-6,10,12H,2,7-9,11H2,1H3,(H,21,22,25). The maximum atomic E-state index is 12.5. The fourth-order valence-corrected chi connectivity index (χ4v) is 4.57. The van der Waals surface area contributed by atoms with Gasteiger partial charge in [-0.15, -0.1) is 11.3 Å². The summed E-state index contributed by atoms with van der Waals surface area (Å²) >= 11 is 1.58. The molecule has 7 heteroatoms. The number of anilines is 1. The number of nitrogens with one attached hydrogen (secondary N) is 1. The first-order chi connectivity index (χ1) is 12.6. The number of para-hydroxylation sites is 1. The van der Waals surface area contributed by atoms with Crippen molar-refractivity contribution >= 4 is 33.3 Å². The summed E-state index contributed by atoms with van der Waals surface area (Å²) in [5, 5.41) is 8.21. The van der Waals surface area contributed by atoms with Crippen molar-refractivity contribution < 1.29 is 4.79 Å². The van der Waals surface area contributed by atoms with Crippen molar-refractivity contribution in [1.29, 1.82) is 0 Å². The zero-order valence-corrected chi connectivity index (χ0v) is 15.4. The number of benzene rings is 1. The molecule has 1 aromatic carbocycles. The predicted octanol–water partition coefficient (Wildman–Crippen LogP) is 3.01. The summed E-state index contributed by atoms with van der Waals surface area (Å²) in [6.45, 7) is 2.27. The zero-order chi connectivity index (χ0) is 18.1. The van der Waals surface area contributed by atoms with Crippen molar-refractivity contribution in [3.63, 3.8) is 0 Å². The largest absolute Gasteiger partial charge is 0.300 e. The molecule has 0 spiro atoms. The van der Waals surface area contributed by atoms with E-state index in [-0.39, 0.29) is 17.9 Å². The number of hydrogen-bond acceptors (Lipinski definition) is 5. The molecule has 1 aliphatic rings. The van der Waals surface area contributed by atoms with Gasteiger partial charge in [0.2, 0.25) is 11.3 Å². The fraction of sp³-hybridized carbons (Fsp3) is 0.368. The number of hydrogen-bond donors (Lipinski definition) is 1. The van der Waals surface area contributed by atoms with Gasteiger partial charge in [0, 0.05) is 10.3 Å². The smallest absolute Gasteiger partial charge is 0.247 e. The van der Waals surface area contributed by atoms with E-state index >= 15 is 0 Å². The van der Waals surface area contributed by atoms with Crippen molar-refractivity contribution in [2.45, 2.75) is 39.2 Å². The summed E-state index contributed by atoms with van der Waals surface area (Å²) in [5.74, 6) is 0.535. The lowest BCUT2D eigenvalue weighted by molar-refractivity contribution is -0.116. The second-order valence-corrected chi connectivity index (χ2v) is 7.72. The van der Waals surface area contributed by atoms with E-state index in [0.29, 0.717) is 16.0 Å². The van der Waals surface area contributed by atoms with E-state index < -0.39 is 0 Å². The minimum atomic E-state index is -0.190. The van der Waals surface area contributed by atoms with E-state index in [0.717, 1.165) is 24.5 Å². The number of fused-ring (bicyclic) bond motifs is 2. The van der Waals surface area contributed by atoms with E-state index in [9.17, 15) is 9.59 Å². The Labute approximate surface area is 154 Å². The highest BCUT2D eigenvalue weighted by molar-refractivity contribution is 7.15. The molecule has 1 N–H and O–H groups in total. The molecule has 1 unspecified atom stereocenters. The summed E-state index contributed by atoms with van der Waals surface area (Å²) in [5.41, 5.74) is 1.64. The topological polar surface area (TPSA) is 76.9 Å². The molecule has 0 bridgehead atoms. The maximum absolute atomic E-state index is 12.5. The zero-order valence-electron chi connectivity index (χ0n) is 14.6. The van der Waals surface area contributed by atoms with Gasteiger partial charge in [-0.2, -0.15) is 5.10 Å². The molecule has 3 aromatic rings. The minimum Gasteiger partial charge on any atom is -0.300 e. The normalized spacial score (nSPS) is 16.4. The second kappa shape index (κ2) is 6.99. The van der Waals surface area contributed by atoms with Crippen LogP contribution in [0.3, 0.4) is 0 Å².